The van der Waals surface area contributed by atoms with Crippen molar-refractivity contribution in [2.45, 2.75) is 31.5 Å². The number of carboxylic acid groups (broad SMARTS) is 1. The Hall–Kier alpha value is -1.31. The summed E-state index contributed by atoms with van der Waals surface area (Å²) in [5.41, 5.74) is 0. The second kappa shape index (κ2) is 6.03. The minimum absolute atomic E-state index is 0.125. The molecular formula is C10H15F3N2O3. The summed E-state index contributed by atoms with van der Waals surface area (Å²) in [5, 5.41) is 11.1. The molecule has 0 aromatic carbocycles. The average molecular weight is 268 g/mol. The Morgan fingerprint density at radius 2 is 1.94 bits per heavy atom. The number of aliphatic carboxylic acids is 1. The first-order chi connectivity index (χ1) is 8.26. The van der Waals surface area contributed by atoms with Crippen molar-refractivity contribution in [3.63, 3.8) is 0 Å². The highest BCUT2D eigenvalue weighted by molar-refractivity contribution is 5.76. The summed E-state index contributed by atoms with van der Waals surface area (Å²) < 4.78 is 36.5. The molecule has 0 bridgehead atoms. The molecule has 8 heteroatoms. The van der Waals surface area contributed by atoms with Gasteiger partial charge in [-0.05, 0) is 12.8 Å². The van der Waals surface area contributed by atoms with Crippen LogP contribution >= 0.6 is 0 Å². The summed E-state index contributed by atoms with van der Waals surface area (Å²) in [4.78, 5) is 22.4. The Morgan fingerprint density at radius 1 is 1.33 bits per heavy atom. The van der Waals surface area contributed by atoms with Crippen molar-refractivity contribution >= 4 is 11.9 Å². The van der Waals surface area contributed by atoms with E-state index in [2.05, 4.69) is 5.32 Å². The molecule has 1 aliphatic rings. The summed E-state index contributed by atoms with van der Waals surface area (Å²) in [6.45, 7) is -2.27. The largest absolute Gasteiger partial charge is 0.480 e. The zero-order valence-corrected chi connectivity index (χ0v) is 9.66. The number of carbonyl (C=O) groups excluding carboxylic acids is 1. The third-order valence-corrected chi connectivity index (χ3v) is 2.36. The van der Waals surface area contributed by atoms with Crippen LogP contribution in [0.25, 0.3) is 0 Å². The van der Waals surface area contributed by atoms with Gasteiger partial charge in [-0.1, -0.05) is 0 Å². The Bertz CT molecular complexity index is 316. The van der Waals surface area contributed by atoms with Crippen LogP contribution in [0.3, 0.4) is 0 Å². The van der Waals surface area contributed by atoms with E-state index < -0.39 is 25.2 Å². The maximum absolute atomic E-state index is 12.2. The van der Waals surface area contributed by atoms with Crippen LogP contribution in [0.5, 0.6) is 0 Å². The van der Waals surface area contributed by atoms with E-state index in [1.807, 2.05) is 0 Å². The zero-order chi connectivity index (χ0) is 13.8. The number of hydrogen-bond donors (Lipinski definition) is 2. The lowest BCUT2D eigenvalue weighted by Crippen LogP contribution is -2.40. The van der Waals surface area contributed by atoms with Crippen LogP contribution in [0, 0.1) is 0 Å². The molecular weight excluding hydrogens is 253 g/mol. The van der Waals surface area contributed by atoms with Gasteiger partial charge in [-0.3, -0.25) is 14.5 Å². The van der Waals surface area contributed by atoms with Gasteiger partial charge in [0, 0.05) is 19.0 Å². The van der Waals surface area contributed by atoms with E-state index in [0.29, 0.717) is 4.90 Å². The van der Waals surface area contributed by atoms with E-state index >= 15 is 0 Å². The SMILES string of the molecule is O=C(O)CN(CCC(=O)NC1CC1)CC(F)(F)F. The predicted molar refractivity (Wildman–Crippen MR) is 55.9 cm³/mol. The topological polar surface area (TPSA) is 69.6 Å². The molecule has 0 aromatic rings. The molecule has 0 atom stereocenters. The van der Waals surface area contributed by atoms with Crippen LogP contribution in [-0.4, -0.2) is 53.7 Å². The zero-order valence-electron chi connectivity index (χ0n) is 9.66. The highest BCUT2D eigenvalue weighted by atomic mass is 19.4. The number of alkyl halides is 3. The van der Waals surface area contributed by atoms with Gasteiger partial charge in [-0.15, -0.1) is 0 Å². The van der Waals surface area contributed by atoms with Crippen molar-refractivity contribution in [2.24, 2.45) is 0 Å². The molecule has 1 saturated carbocycles. The summed E-state index contributed by atoms with van der Waals surface area (Å²) >= 11 is 0. The highest BCUT2D eigenvalue weighted by Gasteiger charge is 2.31. The van der Waals surface area contributed by atoms with Crippen LogP contribution < -0.4 is 5.32 Å². The Balaban J connectivity index is 2.34. The number of carboxylic acids is 1. The van der Waals surface area contributed by atoms with E-state index in [1.165, 1.54) is 0 Å². The van der Waals surface area contributed by atoms with Crippen molar-refractivity contribution in [1.29, 1.82) is 0 Å². The molecule has 1 aliphatic carbocycles. The molecule has 1 amide bonds. The monoisotopic (exact) mass is 268 g/mol. The molecule has 0 radical (unpaired) electrons. The number of halogens is 3. The highest BCUT2D eigenvalue weighted by Crippen LogP contribution is 2.19. The fraction of sp³-hybridized carbons (Fsp3) is 0.800. The molecule has 1 rings (SSSR count). The van der Waals surface area contributed by atoms with Gasteiger partial charge in [-0.2, -0.15) is 13.2 Å². The van der Waals surface area contributed by atoms with Crippen molar-refractivity contribution in [1.82, 2.24) is 10.2 Å². The normalized spacial score (nSPS) is 15.8. The number of rotatable bonds is 7. The molecule has 0 heterocycles. The first-order valence-corrected chi connectivity index (χ1v) is 5.56. The second-order valence-corrected chi connectivity index (χ2v) is 4.31. The van der Waals surface area contributed by atoms with Gasteiger partial charge < -0.3 is 10.4 Å². The summed E-state index contributed by atoms with van der Waals surface area (Å²) in [5.74, 6) is -1.68. The molecule has 5 nitrogen and oxygen atoms in total. The van der Waals surface area contributed by atoms with Crippen LogP contribution in [0.4, 0.5) is 13.2 Å². The molecule has 2 N–H and O–H groups in total. The van der Waals surface area contributed by atoms with Crippen molar-refractivity contribution in [2.75, 3.05) is 19.6 Å². The number of carbonyl (C=O) groups is 2. The average Bonchev–Trinajstić information content (AvgIpc) is 2.94. The van der Waals surface area contributed by atoms with E-state index in [0.717, 1.165) is 12.8 Å². The molecule has 0 spiro atoms. The quantitative estimate of drug-likeness (QED) is 0.709. The molecule has 0 saturated heterocycles. The van der Waals surface area contributed by atoms with Crippen LogP contribution in [-0.2, 0) is 9.59 Å². The molecule has 18 heavy (non-hydrogen) atoms. The standard InChI is InChI=1S/C10H15F3N2O3/c11-10(12,13)6-15(5-9(17)18)4-3-8(16)14-7-1-2-7/h7H,1-6H2,(H,14,16)(H,17,18). The number of hydrogen-bond acceptors (Lipinski definition) is 3. The Labute approximate surface area is 102 Å². The van der Waals surface area contributed by atoms with Crippen LogP contribution in [0.2, 0.25) is 0 Å². The predicted octanol–water partition coefficient (Wildman–Crippen LogP) is 0.604. The third kappa shape index (κ3) is 7.10. The molecule has 104 valence electrons. The third-order valence-electron chi connectivity index (χ3n) is 2.36. The molecule has 0 aliphatic heterocycles. The lowest BCUT2D eigenvalue weighted by Gasteiger charge is -2.21. The number of nitrogens with one attached hydrogen (secondary N) is 1. The first kappa shape index (κ1) is 14.7. The van der Waals surface area contributed by atoms with Gasteiger partial charge in [0.15, 0.2) is 0 Å². The van der Waals surface area contributed by atoms with Gasteiger partial charge in [0.25, 0.3) is 0 Å². The van der Waals surface area contributed by atoms with Gasteiger partial charge in [-0.25, -0.2) is 0 Å². The van der Waals surface area contributed by atoms with Gasteiger partial charge in [0.1, 0.15) is 0 Å². The van der Waals surface area contributed by atoms with Gasteiger partial charge in [0.2, 0.25) is 5.91 Å². The molecule has 1 fully saturated rings. The molecule has 0 unspecified atom stereocenters. The lowest BCUT2D eigenvalue weighted by atomic mass is 10.3. The number of nitrogens with zero attached hydrogens (tertiary/aromatic N) is 1. The van der Waals surface area contributed by atoms with Crippen molar-refractivity contribution < 1.29 is 27.9 Å². The maximum atomic E-state index is 12.2. The minimum atomic E-state index is -4.47. The Kier molecular flexibility index (Phi) is 4.94. The van der Waals surface area contributed by atoms with Gasteiger partial charge >= 0.3 is 12.1 Å². The number of amides is 1. The van der Waals surface area contributed by atoms with Crippen molar-refractivity contribution in [3.05, 3.63) is 0 Å². The summed E-state index contributed by atoms with van der Waals surface area (Å²) in [7, 11) is 0. The van der Waals surface area contributed by atoms with E-state index in [4.69, 9.17) is 5.11 Å². The lowest BCUT2D eigenvalue weighted by molar-refractivity contribution is -0.154. The van der Waals surface area contributed by atoms with E-state index in [1.54, 1.807) is 0 Å². The first-order valence-electron chi connectivity index (χ1n) is 5.56. The van der Waals surface area contributed by atoms with Crippen molar-refractivity contribution in [3.8, 4) is 0 Å². The van der Waals surface area contributed by atoms with Crippen LogP contribution in [0.15, 0.2) is 0 Å². The fourth-order valence-corrected chi connectivity index (χ4v) is 1.45. The fourth-order valence-electron chi connectivity index (χ4n) is 1.45. The minimum Gasteiger partial charge on any atom is -0.480 e. The van der Waals surface area contributed by atoms with Crippen LogP contribution in [0.1, 0.15) is 19.3 Å². The van der Waals surface area contributed by atoms with Gasteiger partial charge in [0.05, 0.1) is 13.1 Å². The van der Waals surface area contributed by atoms with E-state index in [-0.39, 0.29) is 24.9 Å². The van der Waals surface area contributed by atoms with E-state index in [9.17, 15) is 22.8 Å². The maximum Gasteiger partial charge on any atom is 0.401 e. The molecule has 0 aromatic heterocycles. The summed E-state index contributed by atoms with van der Waals surface area (Å²) in [6, 6.07) is 0.146. The summed E-state index contributed by atoms with van der Waals surface area (Å²) in [6.07, 6.45) is -2.80. The smallest absolute Gasteiger partial charge is 0.401 e. The Morgan fingerprint density at radius 3 is 2.39 bits per heavy atom. The second-order valence-electron chi connectivity index (χ2n) is 4.31.